The molecule has 0 spiro atoms. The van der Waals surface area contributed by atoms with Gasteiger partial charge < -0.3 is 4.90 Å². The van der Waals surface area contributed by atoms with Crippen LogP contribution in [0.5, 0.6) is 0 Å². The molecular formula is C15H16Cl2N4. The van der Waals surface area contributed by atoms with Crippen molar-refractivity contribution in [2.75, 3.05) is 14.1 Å². The van der Waals surface area contributed by atoms with Crippen LogP contribution in [-0.2, 0) is 6.42 Å². The second-order valence-corrected chi connectivity index (χ2v) is 5.67. The molecule has 0 radical (unpaired) electrons. The van der Waals surface area contributed by atoms with Crippen molar-refractivity contribution in [3.63, 3.8) is 0 Å². The number of aliphatic imine (C=N–C) groups is 1. The van der Waals surface area contributed by atoms with Crippen molar-refractivity contribution in [3.05, 3.63) is 51.3 Å². The van der Waals surface area contributed by atoms with Crippen molar-refractivity contribution >= 4 is 35.5 Å². The minimum atomic E-state index is 0.256. The first-order chi connectivity index (χ1) is 9.95. The summed E-state index contributed by atoms with van der Waals surface area (Å²) >= 11 is 12.4. The average Bonchev–Trinajstić information content (AvgIpc) is 2.42. The van der Waals surface area contributed by atoms with Crippen LogP contribution in [-0.4, -0.2) is 35.3 Å². The molecule has 0 N–H and O–H groups in total. The summed E-state index contributed by atoms with van der Waals surface area (Å²) in [6.45, 7) is 2.05. The van der Waals surface area contributed by atoms with E-state index in [4.69, 9.17) is 23.2 Å². The minimum Gasteiger partial charge on any atom is -0.369 e. The molecule has 1 aromatic carbocycles. The lowest BCUT2D eigenvalue weighted by Gasteiger charge is -2.07. The van der Waals surface area contributed by atoms with Crippen molar-refractivity contribution in [2.24, 2.45) is 4.99 Å². The highest BCUT2D eigenvalue weighted by Crippen LogP contribution is 2.26. The average molecular weight is 323 g/mol. The van der Waals surface area contributed by atoms with Crippen LogP contribution in [0.2, 0.25) is 10.3 Å². The highest BCUT2D eigenvalue weighted by molar-refractivity contribution is 6.34. The quantitative estimate of drug-likeness (QED) is 0.487. The molecule has 0 unspecified atom stereocenters. The molecule has 0 aliphatic rings. The molecule has 0 aliphatic carbocycles. The predicted octanol–water partition coefficient (Wildman–Crippen LogP) is 3.90. The number of nitrogens with zero attached hydrogens (tertiary/aromatic N) is 4. The Morgan fingerprint density at radius 3 is 2.19 bits per heavy atom. The van der Waals surface area contributed by atoms with Gasteiger partial charge in [-0.25, -0.2) is 4.99 Å². The van der Waals surface area contributed by atoms with Gasteiger partial charge in [-0.05, 0) is 12.5 Å². The van der Waals surface area contributed by atoms with E-state index in [9.17, 15) is 0 Å². The Bertz CT molecular complexity index is 628. The Balaban J connectivity index is 2.26. The van der Waals surface area contributed by atoms with E-state index in [1.807, 2.05) is 45.3 Å². The van der Waals surface area contributed by atoms with Crippen LogP contribution in [0.25, 0.3) is 0 Å². The number of benzene rings is 1. The van der Waals surface area contributed by atoms with E-state index in [2.05, 4.69) is 15.0 Å². The van der Waals surface area contributed by atoms with Gasteiger partial charge in [-0.3, -0.25) is 0 Å². The van der Waals surface area contributed by atoms with E-state index >= 15 is 0 Å². The van der Waals surface area contributed by atoms with Crippen molar-refractivity contribution in [2.45, 2.75) is 13.3 Å². The zero-order valence-electron chi connectivity index (χ0n) is 12.1. The van der Waals surface area contributed by atoms with Gasteiger partial charge in [0, 0.05) is 26.1 Å². The second kappa shape index (κ2) is 6.87. The lowest BCUT2D eigenvalue weighted by Crippen LogP contribution is -2.07. The molecule has 6 heteroatoms. The van der Waals surface area contributed by atoms with Gasteiger partial charge >= 0.3 is 0 Å². The molecule has 2 aromatic rings. The van der Waals surface area contributed by atoms with E-state index in [1.165, 1.54) is 5.56 Å². The van der Waals surface area contributed by atoms with Crippen LogP contribution in [0, 0.1) is 6.92 Å². The fourth-order valence-corrected chi connectivity index (χ4v) is 2.21. The lowest BCUT2D eigenvalue weighted by atomic mass is 10.1. The molecule has 0 bridgehead atoms. The summed E-state index contributed by atoms with van der Waals surface area (Å²) < 4.78 is 0. The zero-order valence-corrected chi connectivity index (χ0v) is 13.7. The Morgan fingerprint density at radius 2 is 1.67 bits per heavy atom. The third-order valence-corrected chi connectivity index (χ3v) is 3.43. The maximum Gasteiger partial charge on any atom is 0.253 e. The first kappa shape index (κ1) is 15.7. The van der Waals surface area contributed by atoms with E-state index in [0.717, 1.165) is 5.56 Å². The summed E-state index contributed by atoms with van der Waals surface area (Å²) in [6.07, 6.45) is 2.19. The van der Waals surface area contributed by atoms with Crippen LogP contribution in [0.3, 0.4) is 0 Å². The summed E-state index contributed by atoms with van der Waals surface area (Å²) in [7, 11) is 3.72. The Morgan fingerprint density at radius 1 is 1.10 bits per heavy atom. The van der Waals surface area contributed by atoms with E-state index in [1.54, 1.807) is 11.2 Å². The van der Waals surface area contributed by atoms with Gasteiger partial charge in [-0.2, -0.15) is 9.97 Å². The normalized spacial score (nSPS) is 11.1. The molecule has 2 rings (SSSR count). The number of rotatable bonds is 4. The van der Waals surface area contributed by atoms with Crippen LogP contribution in [0.1, 0.15) is 16.7 Å². The summed E-state index contributed by atoms with van der Waals surface area (Å²) in [5.41, 5.74) is 3.03. The Hall–Kier alpha value is -1.65. The molecule has 110 valence electrons. The second-order valence-electron chi connectivity index (χ2n) is 4.95. The summed E-state index contributed by atoms with van der Waals surface area (Å²) in [5, 5.41) is 0.669. The third-order valence-electron chi connectivity index (χ3n) is 2.80. The number of aryl methyl sites for hydroxylation is 1. The molecule has 0 amide bonds. The summed E-state index contributed by atoms with van der Waals surface area (Å²) in [6, 6.07) is 8.18. The van der Waals surface area contributed by atoms with Crippen molar-refractivity contribution in [1.29, 1.82) is 0 Å². The molecule has 0 atom stereocenters. The topological polar surface area (TPSA) is 41.4 Å². The molecule has 0 fully saturated rings. The van der Waals surface area contributed by atoms with E-state index in [-0.39, 0.29) is 5.95 Å². The molecule has 1 heterocycles. The fourth-order valence-electron chi connectivity index (χ4n) is 1.70. The number of aromatic nitrogens is 2. The zero-order chi connectivity index (χ0) is 15.4. The van der Waals surface area contributed by atoms with Crippen molar-refractivity contribution < 1.29 is 0 Å². The highest BCUT2D eigenvalue weighted by Gasteiger charge is 2.12. The van der Waals surface area contributed by atoms with Crippen molar-refractivity contribution in [1.82, 2.24) is 14.9 Å². The van der Waals surface area contributed by atoms with Crippen LogP contribution >= 0.6 is 23.2 Å². The molecule has 1 aromatic heterocycles. The maximum atomic E-state index is 6.21. The fraction of sp³-hybridized carbons (Fsp3) is 0.267. The van der Waals surface area contributed by atoms with E-state index in [0.29, 0.717) is 22.3 Å². The van der Waals surface area contributed by atoms with Gasteiger partial charge in [-0.1, -0.05) is 53.0 Å². The van der Waals surface area contributed by atoms with Gasteiger partial charge in [0.25, 0.3) is 5.95 Å². The van der Waals surface area contributed by atoms with Gasteiger partial charge in [0.15, 0.2) is 0 Å². The lowest BCUT2D eigenvalue weighted by molar-refractivity contribution is 0.642. The molecule has 0 aliphatic heterocycles. The number of hydrogen-bond donors (Lipinski definition) is 0. The van der Waals surface area contributed by atoms with Gasteiger partial charge in [0.2, 0.25) is 0 Å². The van der Waals surface area contributed by atoms with Gasteiger partial charge in [0.05, 0.1) is 6.34 Å². The van der Waals surface area contributed by atoms with Crippen LogP contribution in [0.4, 0.5) is 5.95 Å². The number of hydrogen-bond acceptors (Lipinski definition) is 3. The standard InChI is InChI=1S/C15H16Cl2N4/c1-10-4-6-11(7-5-10)8-12-13(16)19-15(20-14(12)17)18-9-21(2)3/h4-7,9H,8H2,1-3H3/b18-9+. The summed E-state index contributed by atoms with van der Waals surface area (Å²) in [4.78, 5) is 14.2. The van der Waals surface area contributed by atoms with Gasteiger partial charge in [0.1, 0.15) is 10.3 Å². The molecule has 4 nitrogen and oxygen atoms in total. The SMILES string of the molecule is Cc1ccc(Cc2c(Cl)nc(/N=C/N(C)C)nc2Cl)cc1. The molecule has 21 heavy (non-hydrogen) atoms. The third kappa shape index (κ3) is 4.41. The minimum absolute atomic E-state index is 0.256. The van der Waals surface area contributed by atoms with Gasteiger partial charge in [-0.15, -0.1) is 0 Å². The molecular weight excluding hydrogens is 307 g/mol. The maximum absolute atomic E-state index is 6.21. The largest absolute Gasteiger partial charge is 0.369 e. The smallest absolute Gasteiger partial charge is 0.253 e. The number of halogens is 2. The first-order valence-corrected chi connectivity index (χ1v) is 7.19. The Labute approximate surface area is 134 Å². The van der Waals surface area contributed by atoms with Crippen LogP contribution < -0.4 is 0 Å². The predicted molar refractivity (Wildman–Crippen MR) is 87.9 cm³/mol. The summed E-state index contributed by atoms with van der Waals surface area (Å²) in [5.74, 6) is 0.256. The molecule has 0 saturated carbocycles. The highest BCUT2D eigenvalue weighted by atomic mass is 35.5. The monoisotopic (exact) mass is 322 g/mol. The van der Waals surface area contributed by atoms with Crippen molar-refractivity contribution in [3.8, 4) is 0 Å². The van der Waals surface area contributed by atoms with Crippen LogP contribution in [0.15, 0.2) is 29.3 Å². The molecule has 0 saturated heterocycles. The first-order valence-electron chi connectivity index (χ1n) is 6.44. The van der Waals surface area contributed by atoms with E-state index < -0.39 is 0 Å². The Kier molecular flexibility index (Phi) is 5.15.